The number of carbonyl (C=O) groups excluding carboxylic acids is 1. The van der Waals surface area contributed by atoms with Gasteiger partial charge in [0.05, 0.1) is 11.8 Å². The average Bonchev–Trinajstić information content (AvgIpc) is 3.37. The smallest absolute Gasteiger partial charge is 0.291 e. The van der Waals surface area contributed by atoms with E-state index in [0.29, 0.717) is 36.9 Å². The lowest BCUT2D eigenvalue weighted by Crippen LogP contribution is -2.33. The second kappa shape index (κ2) is 9.20. The summed E-state index contributed by atoms with van der Waals surface area (Å²) in [4.78, 5) is 25.2. The zero-order valence-electron chi connectivity index (χ0n) is 18.0. The summed E-state index contributed by atoms with van der Waals surface area (Å²) in [5, 5.41) is 7.59. The molecule has 1 amide bonds. The Morgan fingerprint density at radius 1 is 1.19 bits per heavy atom. The predicted octanol–water partition coefficient (Wildman–Crippen LogP) is 3.72. The number of aryl methyl sites for hydroxylation is 3. The van der Waals surface area contributed by atoms with E-state index in [0.717, 1.165) is 24.2 Å². The Bertz CT molecular complexity index is 1240. The van der Waals surface area contributed by atoms with E-state index in [2.05, 4.69) is 22.5 Å². The molecule has 1 unspecified atom stereocenters. The summed E-state index contributed by atoms with van der Waals surface area (Å²) in [7, 11) is 0. The minimum absolute atomic E-state index is 0.00519. The van der Waals surface area contributed by atoms with Crippen LogP contribution in [0.5, 0.6) is 0 Å². The van der Waals surface area contributed by atoms with Crippen LogP contribution in [0.15, 0.2) is 57.9 Å². The molecule has 0 aliphatic rings. The third-order valence-electron chi connectivity index (χ3n) is 5.58. The van der Waals surface area contributed by atoms with E-state index in [1.807, 2.05) is 42.5 Å². The monoisotopic (exact) mass is 420 g/mol. The Labute approximate surface area is 180 Å². The SMILES string of the molecule is CCc1nn(CCCC(=O)NC(C)CCc2ccccc2)c(=O)c2cc3occc3n12. The maximum absolute atomic E-state index is 12.9. The maximum Gasteiger partial charge on any atom is 0.291 e. The third-order valence-corrected chi connectivity index (χ3v) is 5.58. The highest BCUT2D eigenvalue weighted by molar-refractivity contribution is 5.82. The minimum Gasteiger partial charge on any atom is -0.463 e. The van der Waals surface area contributed by atoms with E-state index >= 15 is 0 Å². The maximum atomic E-state index is 12.9. The number of furan rings is 1. The molecule has 4 rings (SSSR count). The third kappa shape index (κ3) is 4.55. The van der Waals surface area contributed by atoms with E-state index in [-0.39, 0.29) is 17.5 Å². The highest BCUT2D eigenvalue weighted by Gasteiger charge is 2.15. The van der Waals surface area contributed by atoms with Gasteiger partial charge in [0, 0.05) is 37.6 Å². The molecule has 1 atom stereocenters. The van der Waals surface area contributed by atoms with Crippen molar-refractivity contribution in [2.45, 2.75) is 58.5 Å². The summed E-state index contributed by atoms with van der Waals surface area (Å²) in [5.74, 6) is 0.801. The van der Waals surface area contributed by atoms with Gasteiger partial charge in [-0.05, 0) is 31.7 Å². The second-order valence-electron chi connectivity index (χ2n) is 7.93. The zero-order chi connectivity index (χ0) is 21.8. The summed E-state index contributed by atoms with van der Waals surface area (Å²) in [6, 6.07) is 14.0. The number of aromatic nitrogens is 3. The average molecular weight is 421 g/mol. The number of hydrogen-bond donors (Lipinski definition) is 1. The van der Waals surface area contributed by atoms with Crippen molar-refractivity contribution >= 4 is 22.5 Å². The van der Waals surface area contributed by atoms with E-state index in [1.165, 1.54) is 10.2 Å². The molecule has 0 aliphatic heterocycles. The minimum atomic E-state index is -0.166. The molecule has 0 bridgehead atoms. The first-order valence-corrected chi connectivity index (χ1v) is 10.9. The van der Waals surface area contributed by atoms with Crippen LogP contribution in [0, 0.1) is 0 Å². The fourth-order valence-corrected chi connectivity index (χ4v) is 3.94. The molecule has 162 valence electrons. The van der Waals surface area contributed by atoms with Gasteiger partial charge in [-0.2, -0.15) is 5.10 Å². The molecule has 4 aromatic rings. The molecular weight excluding hydrogens is 392 g/mol. The Balaban J connectivity index is 1.34. The van der Waals surface area contributed by atoms with Crippen molar-refractivity contribution in [3.05, 3.63) is 70.5 Å². The summed E-state index contributed by atoms with van der Waals surface area (Å²) >= 11 is 0. The standard InChI is InChI=1S/C24H28N4O3/c1-3-22-26-27(24(30)20-16-21-19(28(20)22)13-15-31-21)14-7-10-23(29)25-17(2)11-12-18-8-5-4-6-9-18/h4-6,8-9,13,15-17H,3,7,10-12,14H2,1-2H3,(H,25,29). The van der Waals surface area contributed by atoms with Crippen molar-refractivity contribution in [1.82, 2.24) is 19.5 Å². The van der Waals surface area contributed by atoms with Crippen molar-refractivity contribution in [2.24, 2.45) is 0 Å². The van der Waals surface area contributed by atoms with Gasteiger partial charge in [-0.3, -0.25) is 14.0 Å². The molecule has 0 saturated carbocycles. The van der Waals surface area contributed by atoms with Crippen molar-refractivity contribution < 1.29 is 9.21 Å². The van der Waals surface area contributed by atoms with Crippen LogP contribution in [0.4, 0.5) is 0 Å². The Morgan fingerprint density at radius 3 is 2.77 bits per heavy atom. The lowest BCUT2D eigenvalue weighted by molar-refractivity contribution is -0.121. The Hall–Kier alpha value is -3.35. The van der Waals surface area contributed by atoms with Gasteiger partial charge in [0.15, 0.2) is 5.58 Å². The summed E-state index contributed by atoms with van der Waals surface area (Å²) in [6.45, 7) is 4.43. The molecule has 0 aliphatic carbocycles. The molecule has 0 radical (unpaired) electrons. The van der Waals surface area contributed by atoms with E-state index in [1.54, 1.807) is 12.3 Å². The first-order valence-electron chi connectivity index (χ1n) is 10.9. The highest BCUT2D eigenvalue weighted by Crippen LogP contribution is 2.20. The van der Waals surface area contributed by atoms with Crippen LogP contribution in [0.3, 0.4) is 0 Å². The van der Waals surface area contributed by atoms with Gasteiger partial charge in [0.1, 0.15) is 11.3 Å². The van der Waals surface area contributed by atoms with Gasteiger partial charge >= 0.3 is 0 Å². The van der Waals surface area contributed by atoms with E-state index in [4.69, 9.17) is 4.42 Å². The van der Waals surface area contributed by atoms with Gasteiger partial charge < -0.3 is 9.73 Å². The van der Waals surface area contributed by atoms with Crippen LogP contribution in [0.25, 0.3) is 16.6 Å². The number of nitrogens with zero attached hydrogens (tertiary/aromatic N) is 3. The normalized spacial score (nSPS) is 12.5. The van der Waals surface area contributed by atoms with Crippen LogP contribution < -0.4 is 10.9 Å². The topological polar surface area (TPSA) is 81.5 Å². The van der Waals surface area contributed by atoms with Crippen LogP contribution in [0.2, 0.25) is 0 Å². The lowest BCUT2D eigenvalue weighted by Gasteiger charge is -2.14. The molecule has 31 heavy (non-hydrogen) atoms. The van der Waals surface area contributed by atoms with Gasteiger partial charge in [-0.1, -0.05) is 37.3 Å². The van der Waals surface area contributed by atoms with Crippen LogP contribution in [-0.4, -0.2) is 26.1 Å². The molecule has 7 heteroatoms. The first-order chi connectivity index (χ1) is 15.1. The fraction of sp³-hybridized carbons (Fsp3) is 0.375. The summed E-state index contributed by atoms with van der Waals surface area (Å²) in [6.07, 6.45) is 5.04. The van der Waals surface area contributed by atoms with Crippen molar-refractivity contribution in [3.63, 3.8) is 0 Å². The molecule has 0 spiro atoms. The molecule has 3 aromatic heterocycles. The highest BCUT2D eigenvalue weighted by atomic mass is 16.3. The number of fused-ring (bicyclic) bond motifs is 3. The van der Waals surface area contributed by atoms with Gasteiger partial charge in [-0.15, -0.1) is 0 Å². The number of hydrogen-bond acceptors (Lipinski definition) is 4. The second-order valence-corrected chi connectivity index (χ2v) is 7.93. The fourth-order valence-electron chi connectivity index (χ4n) is 3.94. The van der Waals surface area contributed by atoms with Crippen LogP contribution >= 0.6 is 0 Å². The molecule has 1 aromatic carbocycles. The molecule has 3 heterocycles. The number of benzene rings is 1. The predicted molar refractivity (Wildman–Crippen MR) is 120 cm³/mol. The number of rotatable bonds is 9. The lowest BCUT2D eigenvalue weighted by atomic mass is 10.1. The van der Waals surface area contributed by atoms with Gasteiger partial charge in [0.25, 0.3) is 5.56 Å². The number of carbonyl (C=O) groups is 1. The molecule has 1 N–H and O–H groups in total. The van der Waals surface area contributed by atoms with Gasteiger partial charge in [0.2, 0.25) is 5.91 Å². The summed E-state index contributed by atoms with van der Waals surface area (Å²) < 4.78 is 8.78. The molecule has 7 nitrogen and oxygen atoms in total. The summed E-state index contributed by atoms with van der Waals surface area (Å²) in [5.41, 5.74) is 3.19. The molecule has 0 fully saturated rings. The Kier molecular flexibility index (Phi) is 6.21. The quantitative estimate of drug-likeness (QED) is 0.447. The largest absolute Gasteiger partial charge is 0.463 e. The van der Waals surface area contributed by atoms with Gasteiger partial charge in [-0.25, -0.2) is 4.68 Å². The molecular formula is C24H28N4O3. The van der Waals surface area contributed by atoms with Crippen LogP contribution in [-0.2, 0) is 24.2 Å². The number of nitrogens with one attached hydrogen (secondary N) is 1. The number of amides is 1. The van der Waals surface area contributed by atoms with Crippen molar-refractivity contribution in [3.8, 4) is 0 Å². The van der Waals surface area contributed by atoms with Crippen LogP contribution in [0.1, 0.15) is 44.5 Å². The van der Waals surface area contributed by atoms with Crippen molar-refractivity contribution in [2.75, 3.05) is 0 Å². The molecule has 0 saturated heterocycles. The van der Waals surface area contributed by atoms with E-state index < -0.39 is 0 Å². The van der Waals surface area contributed by atoms with E-state index in [9.17, 15) is 9.59 Å². The first kappa shape index (κ1) is 20.9. The zero-order valence-corrected chi connectivity index (χ0v) is 18.0. The van der Waals surface area contributed by atoms with Crippen molar-refractivity contribution in [1.29, 1.82) is 0 Å². The Morgan fingerprint density at radius 2 is 2.00 bits per heavy atom.